The van der Waals surface area contributed by atoms with Gasteiger partial charge in [-0.15, -0.1) is 11.3 Å². The molecule has 36 heavy (non-hydrogen) atoms. The van der Waals surface area contributed by atoms with Crippen molar-refractivity contribution in [1.29, 1.82) is 0 Å². The van der Waals surface area contributed by atoms with E-state index in [-0.39, 0.29) is 23.0 Å². The quantitative estimate of drug-likeness (QED) is 0.163. The zero-order chi connectivity index (χ0) is 25.2. The van der Waals surface area contributed by atoms with Gasteiger partial charge in [0.2, 0.25) is 0 Å². The molecular weight excluding hydrogens is 492 g/mol. The summed E-state index contributed by atoms with van der Waals surface area (Å²) in [6, 6.07) is 14.4. The number of carbonyl (C=O) groups excluding carboxylic acids is 1. The standard InChI is InChI=1S/C27H26N4O3S2/c1-16-7-11-19(12-8-16)31-26(34)24-21-5-3-4-6-22(21)36-25(24)28-27(31)35-15-23(33)30-29-17(2)18-9-13-20(32)14-10-18/h7-14,32H,3-6,15H2,1-2H3,(H,30,33). The fraction of sp³-hybridized carbons (Fsp3) is 0.259. The molecule has 5 rings (SSSR count). The summed E-state index contributed by atoms with van der Waals surface area (Å²) in [6.07, 6.45) is 4.12. The Morgan fingerprint density at radius 2 is 1.86 bits per heavy atom. The molecule has 4 aromatic rings. The SMILES string of the molecule is CC(=NNC(=O)CSc1nc2sc3c(c2c(=O)n1-c1ccc(C)cc1)CCCC3)c1ccc(O)cc1. The van der Waals surface area contributed by atoms with Gasteiger partial charge in [-0.1, -0.05) is 29.5 Å². The third-order valence-corrected chi connectivity index (χ3v) is 8.34. The Morgan fingerprint density at radius 1 is 1.14 bits per heavy atom. The first-order valence-corrected chi connectivity index (χ1v) is 13.6. The van der Waals surface area contributed by atoms with Crippen LogP contribution < -0.4 is 11.0 Å². The maximum Gasteiger partial charge on any atom is 0.267 e. The number of nitrogens with zero attached hydrogens (tertiary/aromatic N) is 3. The molecule has 9 heteroatoms. The van der Waals surface area contributed by atoms with Crippen molar-refractivity contribution in [2.24, 2.45) is 5.10 Å². The van der Waals surface area contributed by atoms with E-state index in [1.54, 1.807) is 47.1 Å². The highest BCUT2D eigenvalue weighted by Gasteiger charge is 2.23. The van der Waals surface area contributed by atoms with E-state index >= 15 is 0 Å². The number of aromatic hydroxyl groups is 1. The summed E-state index contributed by atoms with van der Waals surface area (Å²) in [5.41, 5.74) is 6.90. The monoisotopic (exact) mass is 518 g/mol. The van der Waals surface area contributed by atoms with Gasteiger partial charge in [-0.2, -0.15) is 5.10 Å². The molecule has 2 aromatic heterocycles. The number of nitrogens with one attached hydrogen (secondary N) is 1. The Balaban J connectivity index is 1.43. The number of benzene rings is 2. The van der Waals surface area contributed by atoms with E-state index in [0.717, 1.165) is 58.3 Å². The van der Waals surface area contributed by atoms with E-state index < -0.39 is 0 Å². The highest BCUT2D eigenvalue weighted by molar-refractivity contribution is 7.99. The lowest BCUT2D eigenvalue weighted by molar-refractivity contribution is -0.118. The summed E-state index contributed by atoms with van der Waals surface area (Å²) < 4.78 is 1.63. The minimum atomic E-state index is -0.298. The van der Waals surface area contributed by atoms with Gasteiger partial charge in [-0.25, -0.2) is 10.4 Å². The largest absolute Gasteiger partial charge is 0.508 e. The molecule has 0 atom stereocenters. The normalized spacial score (nSPS) is 13.6. The van der Waals surface area contributed by atoms with E-state index in [1.807, 2.05) is 31.2 Å². The summed E-state index contributed by atoms with van der Waals surface area (Å²) >= 11 is 2.83. The third kappa shape index (κ3) is 4.94. The summed E-state index contributed by atoms with van der Waals surface area (Å²) in [4.78, 5) is 33.3. The van der Waals surface area contributed by atoms with Gasteiger partial charge in [0.25, 0.3) is 11.5 Å². The molecule has 0 saturated heterocycles. The molecule has 2 heterocycles. The number of phenols is 1. The smallest absolute Gasteiger partial charge is 0.267 e. The van der Waals surface area contributed by atoms with Crippen LogP contribution >= 0.6 is 23.1 Å². The number of carbonyl (C=O) groups is 1. The van der Waals surface area contributed by atoms with Gasteiger partial charge in [-0.3, -0.25) is 14.2 Å². The highest BCUT2D eigenvalue weighted by atomic mass is 32.2. The van der Waals surface area contributed by atoms with Gasteiger partial charge in [0.05, 0.1) is 22.5 Å². The molecule has 2 N–H and O–H groups in total. The molecule has 0 radical (unpaired) electrons. The number of thioether (sulfide) groups is 1. The van der Waals surface area contributed by atoms with Crippen LogP contribution in [0.2, 0.25) is 0 Å². The number of hydrazone groups is 1. The maximum absolute atomic E-state index is 13.8. The molecular formula is C27H26N4O3S2. The first kappa shape index (κ1) is 24.3. The Bertz CT molecular complexity index is 1520. The Morgan fingerprint density at radius 3 is 2.61 bits per heavy atom. The first-order chi connectivity index (χ1) is 17.4. The van der Waals surface area contributed by atoms with Crippen molar-refractivity contribution in [3.63, 3.8) is 0 Å². The highest BCUT2D eigenvalue weighted by Crippen LogP contribution is 2.35. The van der Waals surface area contributed by atoms with Crippen molar-refractivity contribution in [3.05, 3.63) is 80.5 Å². The number of amides is 1. The number of rotatable bonds is 6. The number of aromatic nitrogens is 2. The second kappa shape index (κ2) is 10.3. The van der Waals surface area contributed by atoms with Crippen LogP contribution in [-0.2, 0) is 17.6 Å². The minimum absolute atomic E-state index is 0.0568. The number of fused-ring (bicyclic) bond motifs is 3. The summed E-state index contributed by atoms with van der Waals surface area (Å²) in [6.45, 7) is 3.78. The molecule has 184 valence electrons. The van der Waals surface area contributed by atoms with E-state index in [4.69, 9.17) is 4.98 Å². The average Bonchev–Trinajstić information content (AvgIpc) is 3.26. The Kier molecular flexibility index (Phi) is 6.93. The fourth-order valence-corrected chi connectivity index (χ4v) is 6.39. The van der Waals surface area contributed by atoms with Crippen LogP contribution in [0.25, 0.3) is 15.9 Å². The van der Waals surface area contributed by atoms with Crippen LogP contribution in [0.5, 0.6) is 5.75 Å². The molecule has 0 bridgehead atoms. The molecule has 0 fully saturated rings. The van der Waals surface area contributed by atoms with E-state index in [0.29, 0.717) is 10.9 Å². The van der Waals surface area contributed by atoms with Gasteiger partial charge in [0.1, 0.15) is 10.6 Å². The molecule has 0 unspecified atom stereocenters. The fourth-order valence-electron chi connectivity index (χ4n) is 4.28. The molecule has 1 amide bonds. The molecule has 7 nitrogen and oxygen atoms in total. The average molecular weight is 519 g/mol. The predicted octanol–water partition coefficient (Wildman–Crippen LogP) is 4.97. The van der Waals surface area contributed by atoms with Gasteiger partial charge in [-0.05, 0) is 87.1 Å². The molecule has 1 aliphatic rings. The number of thiophene rings is 1. The second-order valence-electron chi connectivity index (χ2n) is 8.83. The Hall–Kier alpha value is -3.43. The van der Waals surface area contributed by atoms with Crippen LogP contribution in [0.15, 0.2) is 63.6 Å². The van der Waals surface area contributed by atoms with Crippen molar-refractivity contribution in [2.45, 2.75) is 44.7 Å². The van der Waals surface area contributed by atoms with Gasteiger partial charge in [0.15, 0.2) is 5.16 Å². The number of hydrogen-bond acceptors (Lipinski definition) is 7. The van der Waals surface area contributed by atoms with Gasteiger partial charge < -0.3 is 5.11 Å². The lowest BCUT2D eigenvalue weighted by Gasteiger charge is -2.13. The summed E-state index contributed by atoms with van der Waals surface area (Å²) in [5.74, 6) is -0.0718. The van der Waals surface area contributed by atoms with Crippen molar-refractivity contribution >= 4 is 44.9 Å². The summed E-state index contributed by atoms with van der Waals surface area (Å²) in [7, 11) is 0. The van der Waals surface area contributed by atoms with Crippen molar-refractivity contribution < 1.29 is 9.90 Å². The van der Waals surface area contributed by atoms with Crippen LogP contribution in [0.4, 0.5) is 0 Å². The van der Waals surface area contributed by atoms with E-state index in [9.17, 15) is 14.7 Å². The van der Waals surface area contributed by atoms with Crippen molar-refractivity contribution in [3.8, 4) is 11.4 Å². The van der Waals surface area contributed by atoms with Gasteiger partial charge >= 0.3 is 0 Å². The van der Waals surface area contributed by atoms with Crippen LogP contribution in [-0.4, -0.2) is 32.0 Å². The summed E-state index contributed by atoms with van der Waals surface area (Å²) in [5, 5.41) is 14.8. The lowest BCUT2D eigenvalue weighted by atomic mass is 9.97. The van der Waals surface area contributed by atoms with Crippen molar-refractivity contribution in [1.82, 2.24) is 15.0 Å². The van der Waals surface area contributed by atoms with E-state index in [2.05, 4.69) is 10.5 Å². The van der Waals surface area contributed by atoms with E-state index in [1.165, 1.54) is 16.6 Å². The third-order valence-electron chi connectivity index (χ3n) is 6.22. The molecule has 0 saturated carbocycles. The number of aryl methyl sites for hydroxylation is 3. The molecule has 0 aliphatic heterocycles. The van der Waals surface area contributed by atoms with Crippen molar-refractivity contribution in [2.75, 3.05) is 5.75 Å². The van der Waals surface area contributed by atoms with Crippen LogP contribution in [0, 0.1) is 6.92 Å². The van der Waals surface area contributed by atoms with Crippen LogP contribution in [0.1, 0.15) is 41.3 Å². The lowest BCUT2D eigenvalue weighted by Crippen LogP contribution is -2.24. The zero-order valence-corrected chi connectivity index (χ0v) is 21.7. The van der Waals surface area contributed by atoms with Gasteiger partial charge in [0, 0.05) is 4.88 Å². The molecule has 0 spiro atoms. The molecule has 1 aliphatic carbocycles. The Labute approximate surface area is 216 Å². The first-order valence-electron chi connectivity index (χ1n) is 11.8. The predicted molar refractivity (Wildman–Crippen MR) is 146 cm³/mol. The number of hydrogen-bond donors (Lipinski definition) is 2. The zero-order valence-electron chi connectivity index (χ0n) is 20.1. The molecule has 2 aromatic carbocycles. The second-order valence-corrected chi connectivity index (χ2v) is 10.9. The topological polar surface area (TPSA) is 96.6 Å². The van der Waals surface area contributed by atoms with Crippen LogP contribution in [0.3, 0.4) is 0 Å². The minimum Gasteiger partial charge on any atom is -0.508 e. The maximum atomic E-state index is 13.8. The number of phenolic OH excluding ortho intramolecular Hbond substituents is 1.